The lowest BCUT2D eigenvalue weighted by molar-refractivity contribution is -0.137. The molecule has 0 spiro atoms. The summed E-state index contributed by atoms with van der Waals surface area (Å²) in [4.78, 5) is 41.4. The molecule has 162 valence electrons. The molecule has 2 amide bonds. The SMILES string of the molecule is CN(C)C=C1C(=O)CCN(C2CCC2)C1=O.O=C1c2cn[nH]c2CCN1C1CCC1. The summed E-state index contributed by atoms with van der Waals surface area (Å²) in [5.41, 5.74) is 2.14. The van der Waals surface area contributed by atoms with Crippen LogP contribution in [0.1, 0.15) is 61.0 Å². The predicted molar refractivity (Wildman–Crippen MR) is 112 cm³/mol. The first-order chi connectivity index (χ1) is 14.5. The van der Waals surface area contributed by atoms with Gasteiger partial charge in [0.2, 0.25) is 0 Å². The van der Waals surface area contributed by atoms with Crippen molar-refractivity contribution in [3.63, 3.8) is 0 Å². The number of likely N-dealkylation sites (tertiary alicyclic amines) is 1. The van der Waals surface area contributed by atoms with Crippen LogP contribution in [0.4, 0.5) is 0 Å². The number of piperidine rings is 1. The van der Waals surface area contributed by atoms with Crippen LogP contribution in [0.2, 0.25) is 0 Å². The molecule has 0 unspecified atom stereocenters. The summed E-state index contributed by atoms with van der Waals surface area (Å²) in [6, 6.07) is 0.886. The minimum atomic E-state index is -0.0744. The average molecular weight is 414 g/mol. The number of H-pyrrole nitrogens is 1. The number of Topliss-reactive ketones (excluding diaryl/α,β-unsaturated/α-hetero) is 1. The molecule has 2 saturated carbocycles. The minimum absolute atomic E-state index is 0.0192. The predicted octanol–water partition coefficient (Wildman–Crippen LogP) is 1.75. The molecule has 3 heterocycles. The number of carbonyl (C=O) groups is 3. The molecule has 1 aromatic rings. The molecule has 1 N–H and O–H groups in total. The van der Waals surface area contributed by atoms with Crippen LogP contribution in [-0.2, 0) is 16.0 Å². The molecule has 5 rings (SSSR count). The number of nitrogens with one attached hydrogen (secondary N) is 1. The normalized spacial score (nSPS) is 23.5. The number of aromatic nitrogens is 2. The van der Waals surface area contributed by atoms with Crippen molar-refractivity contribution >= 4 is 17.6 Å². The van der Waals surface area contributed by atoms with E-state index >= 15 is 0 Å². The molecular weight excluding hydrogens is 382 g/mol. The average Bonchev–Trinajstić information content (AvgIpc) is 3.10. The quantitative estimate of drug-likeness (QED) is 0.602. The number of fused-ring (bicyclic) bond motifs is 1. The van der Waals surface area contributed by atoms with Crippen LogP contribution in [0.3, 0.4) is 0 Å². The van der Waals surface area contributed by atoms with Crippen LogP contribution in [0, 0.1) is 0 Å². The van der Waals surface area contributed by atoms with Gasteiger partial charge < -0.3 is 14.7 Å². The lowest BCUT2D eigenvalue weighted by Gasteiger charge is -2.40. The zero-order valence-electron chi connectivity index (χ0n) is 17.9. The van der Waals surface area contributed by atoms with Gasteiger partial charge in [0, 0.05) is 64.0 Å². The van der Waals surface area contributed by atoms with E-state index in [0.29, 0.717) is 30.6 Å². The molecule has 2 aliphatic heterocycles. The fourth-order valence-corrected chi connectivity index (χ4v) is 4.39. The van der Waals surface area contributed by atoms with Gasteiger partial charge in [-0.2, -0.15) is 5.10 Å². The van der Waals surface area contributed by atoms with Crippen molar-refractivity contribution in [2.45, 2.75) is 63.5 Å². The topological polar surface area (TPSA) is 89.6 Å². The largest absolute Gasteiger partial charge is 0.383 e. The van der Waals surface area contributed by atoms with Crippen molar-refractivity contribution in [3.8, 4) is 0 Å². The second-order valence-electron chi connectivity index (χ2n) is 8.86. The number of hydrogen-bond acceptors (Lipinski definition) is 5. The molecule has 8 heteroatoms. The van der Waals surface area contributed by atoms with Crippen molar-refractivity contribution in [2.75, 3.05) is 27.2 Å². The van der Waals surface area contributed by atoms with E-state index in [1.807, 2.05) is 23.9 Å². The summed E-state index contributed by atoms with van der Waals surface area (Å²) in [5, 5.41) is 6.81. The Bertz CT molecular complexity index is 851. The first-order valence-electron chi connectivity index (χ1n) is 11.0. The van der Waals surface area contributed by atoms with E-state index in [0.717, 1.165) is 37.1 Å². The molecular formula is C22H31N5O3. The number of ketones is 1. The van der Waals surface area contributed by atoms with E-state index in [1.54, 1.807) is 17.3 Å². The second kappa shape index (κ2) is 8.62. The van der Waals surface area contributed by atoms with Crippen LogP contribution in [-0.4, -0.2) is 81.8 Å². The van der Waals surface area contributed by atoms with Crippen LogP contribution in [0.25, 0.3) is 0 Å². The Balaban J connectivity index is 0.000000146. The minimum Gasteiger partial charge on any atom is -0.383 e. The fourth-order valence-electron chi connectivity index (χ4n) is 4.39. The van der Waals surface area contributed by atoms with Gasteiger partial charge in [-0.25, -0.2) is 0 Å². The van der Waals surface area contributed by atoms with E-state index in [-0.39, 0.29) is 17.6 Å². The van der Waals surface area contributed by atoms with E-state index < -0.39 is 0 Å². The van der Waals surface area contributed by atoms with Crippen molar-refractivity contribution in [1.82, 2.24) is 24.9 Å². The van der Waals surface area contributed by atoms with Crippen molar-refractivity contribution < 1.29 is 14.4 Å². The van der Waals surface area contributed by atoms with E-state index in [4.69, 9.17) is 0 Å². The van der Waals surface area contributed by atoms with Gasteiger partial charge in [0.1, 0.15) is 0 Å². The monoisotopic (exact) mass is 413 g/mol. The number of rotatable bonds is 3. The van der Waals surface area contributed by atoms with Gasteiger partial charge in [-0.15, -0.1) is 0 Å². The molecule has 4 aliphatic rings. The number of aromatic amines is 1. The standard InChI is InChI=1S/C12H18N2O2.C10H13N3O/c1-13(2)8-10-11(15)6-7-14(12(10)16)9-4-3-5-9;14-10-8-6-11-12-9(8)4-5-13(10)7-2-1-3-7/h8-9H,3-7H2,1-2H3;6-7H,1-5H2,(H,11,12). The molecule has 2 aliphatic carbocycles. The van der Waals surface area contributed by atoms with Crippen molar-refractivity contribution in [1.29, 1.82) is 0 Å². The first-order valence-corrected chi connectivity index (χ1v) is 11.0. The molecule has 30 heavy (non-hydrogen) atoms. The molecule has 3 fully saturated rings. The van der Waals surface area contributed by atoms with E-state index in [2.05, 4.69) is 10.2 Å². The molecule has 0 bridgehead atoms. The number of nitrogens with zero attached hydrogens (tertiary/aromatic N) is 4. The summed E-state index contributed by atoms with van der Waals surface area (Å²) in [5.74, 6) is 0.0774. The number of hydrogen-bond donors (Lipinski definition) is 1. The summed E-state index contributed by atoms with van der Waals surface area (Å²) in [7, 11) is 3.66. The van der Waals surface area contributed by atoms with Gasteiger partial charge >= 0.3 is 0 Å². The highest BCUT2D eigenvalue weighted by Gasteiger charge is 2.36. The Hall–Kier alpha value is -2.64. The fraction of sp³-hybridized carbons (Fsp3) is 0.636. The maximum atomic E-state index is 12.1. The summed E-state index contributed by atoms with van der Waals surface area (Å²) in [6.45, 7) is 1.46. The summed E-state index contributed by atoms with van der Waals surface area (Å²) in [6.07, 6.45) is 11.7. The Morgan fingerprint density at radius 3 is 2.13 bits per heavy atom. The highest BCUT2D eigenvalue weighted by molar-refractivity contribution is 6.20. The third kappa shape index (κ3) is 4.00. The van der Waals surface area contributed by atoms with Crippen LogP contribution in [0.5, 0.6) is 0 Å². The maximum absolute atomic E-state index is 12.1. The van der Waals surface area contributed by atoms with Crippen molar-refractivity contribution in [3.05, 3.63) is 29.2 Å². The molecule has 8 nitrogen and oxygen atoms in total. The third-order valence-corrected chi connectivity index (χ3v) is 6.60. The van der Waals surface area contributed by atoms with Crippen molar-refractivity contribution in [2.24, 2.45) is 0 Å². The molecule has 1 saturated heterocycles. The number of amides is 2. The van der Waals surface area contributed by atoms with Gasteiger partial charge in [0.05, 0.1) is 17.3 Å². The van der Waals surface area contributed by atoms with Crippen LogP contribution >= 0.6 is 0 Å². The zero-order valence-corrected chi connectivity index (χ0v) is 17.9. The highest BCUT2D eigenvalue weighted by atomic mass is 16.2. The van der Waals surface area contributed by atoms with Gasteiger partial charge in [-0.3, -0.25) is 19.5 Å². The highest BCUT2D eigenvalue weighted by Crippen LogP contribution is 2.29. The van der Waals surface area contributed by atoms with Gasteiger partial charge in [-0.1, -0.05) is 0 Å². The molecule has 0 aromatic carbocycles. The van der Waals surface area contributed by atoms with E-state index in [9.17, 15) is 14.4 Å². The molecule has 0 atom stereocenters. The Morgan fingerprint density at radius 2 is 1.57 bits per heavy atom. The number of carbonyl (C=O) groups excluding carboxylic acids is 3. The Kier molecular flexibility index (Phi) is 5.92. The van der Waals surface area contributed by atoms with Gasteiger partial charge in [0.25, 0.3) is 11.8 Å². The van der Waals surface area contributed by atoms with E-state index in [1.165, 1.54) is 25.7 Å². The lowest BCUT2D eigenvalue weighted by Crippen LogP contribution is -2.49. The Morgan fingerprint density at radius 1 is 0.967 bits per heavy atom. The van der Waals surface area contributed by atoms with Gasteiger partial charge in [0.15, 0.2) is 5.78 Å². The molecule has 1 aromatic heterocycles. The first kappa shape index (κ1) is 20.6. The van der Waals surface area contributed by atoms with Crippen LogP contribution in [0.15, 0.2) is 18.0 Å². The summed E-state index contributed by atoms with van der Waals surface area (Å²) >= 11 is 0. The summed E-state index contributed by atoms with van der Waals surface area (Å²) < 4.78 is 0. The van der Waals surface area contributed by atoms with Gasteiger partial charge in [-0.05, 0) is 38.5 Å². The molecule has 0 radical (unpaired) electrons. The van der Waals surface area contributed by atoms with Crippen LogP contribution < -0.4 is 0 Å². The Labute approximate surface area is 177 Å². The third-order valence-electron chi connectivity index (χ3n) is 6.60. The smallest absolute Gasteiger partial charge is 0.259 e. The lowest BCUT2D eigenvalue weighted by atomic mass is 9.89. The zero-order chi connectivity index (χ0) is 21.3. The second-order valence-corrected chi connectivity index (χ2v) is 8.86. The maximum Gasteiger partial charge on any atom is 0.259 e.